The van der Waals surface area contributed by atoms with Crippen LogP contribution in [0.1, 0.15) is 26.2 Å². The van der Waals surface area contributed by atoms with Gasteiger partial charge in [-0.1, -0.05) is 31.5 Å². The van der Waals surface area contributed by atoms with Gasteiger partial charge < -0.3 is 5.32 Å². The number of nitrogens with zero attached hydrogens (tertiary/aromatic N) is 4. The highest BCUT2D eigenvalue weighted by Crippen LogP contribution is 2.18. The maximum Gasteiger partial charge on any atom is 0.263 e. The average molecular weight is 352 g/mol. The van der Waals surface area contributed by atoms with Gasteiger partial charge >= 0.3 is 0 Å². The standard InChI is InChI=1S/C19H24N6O/c1-2-24-11-7-6-10-15(24)12-20-19-22-17-16(18(26)23-19)13-21-25(17)14-8-4-3-5-9-14/h3-5,8-9,13,15H,2,6-7,10-12H2,1H3,(H2,20,22,23,26). The van der Waals surface area contributed by atoms with Gasteiger partial charge in [0, 0.05) is 12.6 Å². The number of hydrogen-bond acceptors (Lipinski definition) is 5. The summed E-state index contributed by atoms with van der Waals surface area (Å²) in [5.74, 6) is 0.502. The topological polar surface area (TPSA) is 78.8 Å². The van der Waals surface area contributed by atoms with E-state index in [-0.39, 0.29) is 5.56 Å². The maximum absolute atomic E-state index is 12.4. The van der Waals surface area contributed by atoms with Gasteiger partial charge in [-0.3, -0.25) is 14.7 Å². The fourth-order valence-electron chi connectivity index (χ4n) is 3.68. The quantitative estimate of drug-likeness (QED) is 0.737. The first-order valence-electron chi connectivity index (χ1n) is 9.27. The molecule has 1 saturated heterocycles. The van der Waals surface area contributed by atoms with Crippen molar-refractivity contribution in [2.75, 3.05) is 25.0 Å². The van der Waals surface area contributed by atoms with Crippen LogP contribution in [0.2, 0.25) is 0 Å². The number of benzene rings is 1. The lowest BCUT2D eigenvalue weighted by molar-refractivity contribution is 0.164. The third kappa shape index (κ3) is 3.22. The Balaban J connectivity index is 1.61. The van der Waals surface area contributed by atoms with Crippen LogP contribution in [0.15, 0.2) is 41.3 Å². The summed E-state index contributed by atoms with van der Waals surface area (Å²) >= 11 is 0. The van der Waals surface area contributed by atoms with Gasteiger partial charge in [-0.15, -0.1) is 0 Å². The molecule has 7 nitrogen and oxygen atoms in total. The van der Waals surface area contributed by atoms with Crippen LogP contribution in [-0.4, -0.2) is 50.3 Å². The van der Waals surface area contributed by atoms with Crippen molar-refractivity contribution >= 4 is 17.0 Å². The molecule has 3 heterocycles. The van der Waals surface area contributed by atoms with E-state index in [2.05, 4.69) is 32.2 Å². The van der Waals surface area contributed by atoms with E-state index < -0.39 is 0 Å². The first-order chi connectivity index (χ1) is 12.8. The van der Waals surface area contributed by atoms with Crippen LogP contribution in [0.5, 0.6) is 0 Å². The lowest BCUT2D eigenvalue weighted by Crippen LogP contribution is -2.43. The van der Waals surface area contributed by atoms with Crippen LogP contribution in [0, 0.1) is 0 Å². The highest BCUT2D eigenvalue weighted by molar-refractivity contribution is 5.76. The zero-order valence-electron chi connectivity index (χ0n) is 15.0. The molecular weight excluding hydrogens is 328 g/mol. The van der Waals surface area contributed by atoms with E-state index in [0.29, 0.717) is 23.0 Å². The lowest BCUT2D eigenvalue weighted by Gasteiger charge is -2.34. The maximum atomic E-state index is 12.4. The fraction of sp³-hybridized carbons (Fsp3) is 0.421. The van der Waals surface area contributed by atoms with Crippen LogP contribution in [0.25, 0.3) is 16.7 Å². The molecule has 0 amide bonds. The van der Waals surface area contributed by atoms with Gasteiger partial charge in [-0.2, -0.15) is 10.1 Å². The summed E-state index contributed by atoms with van der Waals surface area (Å²) in [4.78, 5) is 22.4. The van der Waals surface area contributed by atoms with Crippen molar-refractivity contribution in [1.82, 2.24) is 24.6 Å². The number of piperidine rings is 1. The molecule has 7 heteroatoms. The summed E-state index contributed by atoms with van der Waals surface area (Å²) in [6.07, 6.45) is 5.27. The van der Waals surface area contributed by atoms with Crippen molar-refractivity contribution in [2.45, 2.75) is 32.2 Å². The fourth-order valence-corrected chi connectivity index (χ4v) is 3.68. The average Bonchev–Trinajstić information content (AvgIpc) is 3.12. The van der Waals surface area contributed by atoms with E-state index in [4.69, 9.17) is 0 Å². The molecule has 0 spiro atoms. The highest BCUT2D eigenvalue weighted by atomic mass is 16.1. The molecule has 0 aliphatic carbocycles. The third-order valence-electron chi connectivity index (χ3n) is 5.10. The molecule has 4 rings (SSSR count). The Kier molecular flexibility index (Phi) is 4.71. The summed E-state index contributed by atoms with van der Waals surface area (Å²) in [6.45, 7) is 5.17. The summed E-state index contributed by atoms with van der Waals surface area (Å²) in [7, 11) is 0. The van der Waals surface area contributed by atoms with Crippen LogP contribution in [0.3, 0.4) is 0 Å². The highest BCUT2D eigenvalue weighted by Gasteiger charge is 2.21. The SMILES string of the molecule is CCN1CCCCC1CNc1nc2c(cnn2-c2ccccc2)c(=O)[nH]1. The van der Waals surface area contributed by atoms with E-state index in [0.717, 1.165) is 25.3 Å². The second-order valence-electron chi connectivity index (χ2n) is 6.70. The normalized spacial score (nSPS) is 18.3. The molecule has 0 bridgehead atoms. The minimum absolute atomic E-state index is 0.171. The number of anilines is 1. The van der Waals surface area contributed by atoms with Gasteiger partial charge in [-0.25, -0.2) is 4.68 Å². The smallest absolute Gasteiger partial charge is 0.263 e. The Morgan fingerprint density at radius 3 is 2.92 bits per heavy atom. The van der Waals surface area contributed by atoms with Crippen LogP contribution in [0.4, 0.5) is 5.95 Å². The van der Waals surface area contributed by atoms with Crippen LogP contribution < -0.4 is 10.9 Å². The van der Waals surface area contributed by atoms with Gasteiger partial charge in [0.15, 0.2) is 5.65 Å². The summed E-state index contributed by atoms with van der Waals surface area (Å²) in [6, 6.07) is 10.2. The molecule has 1 atom stereocenters. The van der Waals surface area contributed by atoms with Crippen molar-refractivity contribution < 1.29 is 0 Å². The number of likely N-dealkylation sites (N-methyl/N-ethyl adjacent to an activating group) is 1. The molecule has 136 valence electrons. The molecule has 0 radical (unpaired) electrons. The van der Waals surface area contributed by atoms with E-state index in [1.165, 1.54) is 19.3 Å². The van der Waals surface area contributed by atoms with Crippen molar-refractivity contribution in [1.29, 1.82) is 0 Å². The Bertz CT molecular complexity index is 932. The minimum Gasteiger partial charge on any atom is -0.354 e. The van der Waals surface area contributed by atoms with Gasteiger partial charge in [0.05, 0.1) is 11.9 Å². The summed E-state index contributed by atoms with van der Waals surface area (Å²) < 4.78 is 1.70. The zero-order chi connectivity index (χ0) is 17.9. The number of fused-ring (bicyclic) bond motifs is 1. The first kappa shape index (κ1) is 16.8. The molecule has 26 heavy (non-hydrogen) atoms. The van der Waals surface area contributed by atoms with E-state index in [1.807, 2.05) is 30.3 Å². The summed E-state index contributed by atoms with van der Waals surface area (Å²) in [5.41, 5.74) is 1.28. The first-order valence-corrected chi connectivity index (χ1v) is 9.27. The van der Waals surface area contributed by atoms with Gasteiger partial charge in [0.1, 0.15) is 5.39 Å². The van der Waals surface area contributed by atoms with Crippen LogP contribution in [-0.2, 0) is 0 Å². The minimum atomic E-state index is -0.171. The number of aromatic nitrogens is 4. The molecule has 1 fully saturated rings. The predicted molar refractivity (Wildman–Crippen MR) is 103 cm³/mol. The van der Waals surface area contributed by atoms with E-state index in [9.17, 15) is 4.79 Å². The number of aromatic amines is 1. The number of likely N-dealkylation sites (tertiary alicyclic amines) is 1. The van der Waals surface area contributed by atoms with Crippen LogP contribution >= 0.6 is 0 Å². The Labute approximate surface area is 152 Å². The molecule has 2 N–H and O–H groups in total. The van der Waals surface area contributed by atoms with Gasteiger partial charge in [0.25, 0.3) is 5.56 Å². The second kappa shape index (κ2) is 7.29. The van der Waals surface area contributed by atoms with Gasteiger partial charge in [-0.05, 0) is 38.1 Å². The van der Waals surface area contributed by atoms with E-state index >= 15 is 0 Å². The molecule has 0 saturated carbocycles. The number of H-pyrrole nitrogens is 1. The number of hydrogen-bond donors (Lipinski definition) is 2. The van der Waals surface area contributed by atoms with Crippen molar-refractivity contribution in [3.63, 3.8) is 0 Å². The Morgan fingerprint density at radius 2 is 2.12 bits per heavy atom. The molecule has 1 unspecified atom stereocenters. The Morgan fingerprint density at radius 1 is 1.27 bits per heavy atom. The number of rotatable bonds is 5. The van der Waals surface area contributed by atoms with Crippen molar-refractivity contribution in [2.24, 2.45) is 0 Å². The molecule has 1 aromatic carbocycles. The lowest BCUT2D eigenvalue weighted by atomic mass is 10.0. The third-order valence-corrected chi connectivity index (χ3v) is 5.10. The largest absolute Gasteiger partial charge is 0.354 e. The molecule has 1 aliphatic rings. The van der Waals surface area contributed by atoms with Gasteiger partial charge in [0.2, 0.25) is 5.95 Å². The molecule has 2 aromatic heterocycles. The second-order valence-corrected chi connectivity index (χ2v) is 6.70. The Hall–Kier alpha value is -2.67. The molecule has 1 aliphatic heterocycles. The monoisotopic (exact) mass is 352 g/mol. The van der Waals surface area contributed by atoms with E-state index in [1.54, 1.807) is 10.9 Å². The predicted octanol–water partition coefficient (Wildman–Crippen LogP) is 2.40. The number of nitrogens with one attached hydrogen (secondary N) is 2. The molecular formula is C19H24N6O. The zero-order valence-corrected chi connectivity index (χ0v) is 15.0. The van der Waals surface area contributed by atoms with Crippen molar-refractivity contribution in [3.8, 4) is 5.69 Å². The van der Waals surface area contributed by atoms with Crippen molar-refractivity contribution in [3.05, 3.63) is 46.9 Å². The number of para-hydroxylation sites is 1. The molecule has 3 aromatic rings. The summed E-state index contributed by atoms with van der Waals surface area (Å²) in [5, 5.41) is 8.16.